The summed E-state index contributed by atoms with van der Waals surface area (Å²) < 4.78 is 5.09. The molecule has 1 amide bonds. The number of aromatic nitrogens is 1. The van der Waals surface area contributed by atoms with Crippen molar-refractivity contribution in [2.45, 2.75) is 18.9 Å². The summed E-state index contributed by atoms with van der Waals surface area (Å²) in [5, 5.41) is 13.3. The van der Waals surface area contributed by atoms with E-state index >= 15 is 0 Å². The number of carbonyl (C=O) groups is 1. The number of pyridine rings is 1. The summed E-state index contributed by atoms with van der Waals surface area (Å²) in [4.78, 5) is 15.9. The fourth-order valence-electron chi connectivity index (χ4n) is 2.12. The quantitative estimate of drug-likeness (QED) is 0.816. The standard InChI is InChI=1S/C17H19ClN2O3/c1-23-13-8-12(9-19-10-13)6-7-17(22)20-11-16(21)14-4-2-3-5-15(14)18/h2-5,8-10,16,21H,6-7,11H2,1H3,(H,20,22). The number of nitrogens with zero attached hydrogens (tertiary/aromatic N) is 1. The number of aliphatic hydroxyl groups is 1. The highest BCUT2D eigenvalue weighted by molar-refractivity contribution is 6.31. The topological polar surface area (TPSA) is 71.5 Å². The maximum atomic E-state index is 11.9. The van der Waals surface area contributed by atoms with Crippen LogP contribution in [0.3, 0.4) is 0 Å². The Labute approximate surface area is 140 Å². The lowest BCUT2D eigenvalue weighted by Crippen LogP contribution is -2.28. The van der Waals surface area contributed by atoms with Gasteiger partial charge in [0.15, 0.2) is 0 Å². The largest absolute Gasteiger partial charge is 0.495 e. The Balaban J connectivity index is 1.80. The molecule has 0 radical (unpaired) electrons. The molecular weight excluding hydrogens is 316 g/mol. The van der Waals surface area contributed by atoms with Crippen LogP contribution in [-0.4, -0.2) is 29.7 Å². The van der Waals surface area contributed by atoms with Gasteiger partial charge in [0.2, 0.25) is 5.91 Å². The second-order valence-electron chi connectivity index (χ2n) is 5.07. The Morgan fingerprint density at radius 1 is 1.39 bits per heavy atom. The van der Waals surface area contributed by atoms with Crippen molar-refractivity contribution in [2.75, 3.05) is 13.7 Å². The average molecular weight is 335 g/mol. The summed E-state index contributed by atoms with van der Waals surface area (Å²) in [5.74, 6) is 0.524. The number of aryl methyl sites for hydroxylation is 1. The molecule has 0 aliphatic carbocycles. The van der Waals surface area contributed by atoms with Gasteiger partial charge >= 0.3 is 0 Å². The smallest absolute Gasteiger partial charge is 0.220 e. The van der Waals surface area contributed by atoms with Gasteiger partial charge < -0.3 is 15.2 Å². The van der Waals surface area contributed by atoms with Crippen LogP contribution in [0.25, 0.3) is 0 Å². The van der Waals surface area contributed by atoms with Gasteiger partial charge in [-0.25, -0.2) is 0 Å². The van der Waals surface area contributed by atoms with Crippen LogP contribution in [0.5, 0.6) is 5.75 Å². The van der Waals surface area contributed by atoms with E-state index in [9.17, 15) is 9.90 Å². The molecule has 0 saturated heterocycles. The van der Waals surface area contributed by atoms with Gasteiger partial charge in [0, 0.05) is 29.7 Å². The third-order valence-corrected chi connectivity index (χ3v) is 3.75. The van der Waals surface area contributed by atoms with E-state index in [4.69, 9.17) is 16.3 Å². The molecule has 0 fully saturated rings. The van der Waals surface area contributed by atoms with Crippen LogP contribution >= 0.6 is 11.6 Å². The molecule has 1 heterocycles. The van der Waals surface area contributed by atoms with Crippen molar-refractivity contribution in [3.05, 3.63) is 58.9 Å². The zero-order chi connectivity index (χ0) is 16.7. The Kier molecular flexibility index (Phi) is 6.38. The molecule has 122 valence electrons. The Bertz CT molecular complexity index is 664. The Morgan fingerprint density at radius 2 is 2.17 bits per heavy atom. The SMILES string of the molecule is COc1cncc(CCC(=O)NCC(O)c2ccccc2Cl)c1. The molecule has 5 nitrogen and oxygen atoms in total. The van der Waals surface area contributed by atoms with Gasteiger partial charge in [0.05, 0.1) is 19.4 Å². The summed E-state index contributed by atoms with van der Waals surface area (Å²) in [6, 6.07) is 8.87. The molecule has 1 aromatic carbocycles. The predicted octanol–water partition coefficient (Wildman–Crippen LogP) is 2.53. The van der Waals surface area contributed by atoms with Gasteiger partial charge in [0.25, 0.3) is 0 Å². The predicted molar refractivity (Wildman–Crippen MR) is 88.5 cm³/mol. The van der Waals surface area contributed by atoms with Crippen LogP contribution in [0, 0.1) is 0 Å². The number of halogens is 1. The lowest BCUT2D eigenvalue weighted by Gasteiger charge is -2.13. The van der Waals surface area contributed by atoms with Gasteiger partial charge in [0.1, 0.15) is 5.75 Å². The minimum Gasteiger partial charge on any atom is -0.495 e. The number of rotatable bonds is 7. The lowest BCUT2D eigenvalue weighted by atomic mass is 10.1. The molecule has 0 aliphatic heterocycles. The van der Waals surface area contributed by atoms with Crippen molar-refractivity contribution >= 4 is 17.5 Å². The van der Waals surface area contributed by atoms with Gasteiger partial charge in [-0.3, -0.25) is 9.78 Å². The van der Waals surface area contributed by atoms with E-state index in [0.29, 0.717) is 29.2 Å². The number of ether oxygens (including phenoxy) is 1. The molecule has 0 spiro atoms. The van der Waals surface area contributed by atoms with E-state index in [0.717, 1.165) is 5.56 Å². The maximum absolute atomic E-state index is 11.9. The van der Waals surface area contributed by atoms with E-state index in [2.05, 4.69) is 10.3 Å². The van der Waals surface area contributed by atoms with Crippen molar-refractivity contribution in [2.24, 2.45) is 0 Å². The Hall–Kier alpha value is -2.11. The van der Waals surface area contributed by atoms with E-state index < -0.39 is 6.10 Å². The number of hydrogen-bond acceptors (Lipinski definition) is 4. The number of aliphatic hydroxyl groups excluding tert-OH is 1. The molecule has 2 aromatic rings. The zero-order valence-electron chi connectivity index (χ0n) is 12.8. The number of hydrogen-bond donors (Lipinski definition) is 2. The third kappa shape index (κ3) is 5.23. The van der Waals surface area contributed by atoms with E-state index in [1.54, 1.807) is 43.8 Å². The molecule has 2 rings (SSSR count). The molecule has 1 atom stereocenters. The molecular formula is C17H19ClN2O3. The molecule has 23 heavy (non-hydrogen) atoms. The zero-order valence-corrected chi connectivity index (χ0v) is 13.6. The van der Waals surface area contributed by atoms with E-state index in [1.165, 1.54) is 0 Å². The van der Waals surface area contributed by atoms with Crippen LogP contribution in [0.4, 0.5) is 0 Å². The van der Waals surface area contributed by atoms with Crippen molar-refractivity contribution in [1.29, 1.82) is 0 Å². The van der Waals surface area contributed by atoms with Crippen molar-refractivity contribution in [3.8, 4) is 5.75 Å². The van der Waals surface area contributed by atoms with Crippen LogP contribution in [0.1, 0.15) is 23.7 Å². The van der Waals surface area contributed by atoms with Gasteiger partial charge in [-0.2, -0.15) is 0 Å². The molecule has 0 aliphatic rings. The highest BCUT2D eigenvalue weighted by atomic mass is 35.5. The van der Waals surface area contributed by atoms with E-state index in [1.807, 2.05) is 6.07 Å². The van der Waals surface area contributed by atoms with Gasteiger partial charge in [-0.1, -0.05) is 29.8 Å². The molecule has 2 N–H and O–H groups in total. The van der Waals surface area contributed by atoms with Gasteiger partial charge in [-0.15, -0.1) is 0 Å². The van der Waals surface area contributed by atoms with Crippen LogP contribution < -0.4 is 10.1 Å². The summed E-state index contributed by atoms with van der Waals surface area (Å²) in [5.41, 5.74) is 1.53. The third-order valence-electron chi connectivity index (χ3n) is 3.40. The van der Waals surface area contributed by atoms with Crippen LogP contribution in [0.15, 0.2) is 42.7 Å². The monoisotopic (exact) mass is 334 g/mol. The molecule has 0 bridgehead atoms. The number of methoxy groups -OCH3 is 1. The molecule has 6 heteroatoms. The second kappa shape index (κ2) is 8.50. The maximum Gasteiger partial charge on any atom is 0.220 e. The lowest BCUT2D eigenvalue weighted by molar-refractivity contribution is -0.121. The number of amides is 1. The highest BCUT2D eigenvalue weighted by Gasteiger charge is 2.12. The normalized spacial score (nSPS) is 11.8. The number of nitrogens with one attached hydrogen (secondary N) is 1. The first-order chi connectivity index (χ1) is 11.1. The first kappa shape index (κ1) is 17.2. The molecule has 1 unspecified atom stereocenters. The summed E-state index contributed by atoms with van der Waals surface area (Å²) in [7, 11) is 1.57. The van der Waals surface area contributed by atoms with Gasteiger partial charge in [-0.05, 0) is 24.1 Å². The fraction of sp³-hybridized carbons (Fsp3) is 0.294. The van der Waals surface area contributed by atoms with Crippen LogP contribution in [-0.2, 0) is 11.2 Å². The first-order valence-corrected chi connectivity index (χ1v) is 7.65. The number of carbonyl (C=O) groups excluding carboxylic acids is 1. The summed E-state index contributed by atoms with van der Waals surface area (Å²) in [6.45, 7) is 0.124. The van der Waals surface area contributed by atoms with Crippen molar-refractivity contribution < 1.29 is 14.6 Å². The Morgan fingerprint density at radius 3 is 2.91 bits per heavy atom. The minimum atomic E-state index is -0.828. The average Bonchev–Trinajstić information content (AvgIpc) is 2.58. The van der Waals surface area contributed by atoms with E-state index in [-0.39, 0.29) is 12.5 Å². The fourth-order valence-corrected chi connectivity index (χ4v) is 2.39. The van der Waals surface area contributed by atoms with Crippen molar-refractivity contribution in [1.82, 2.24) is 10.3 Å². The summed E-state index contributed by atoms with van der Waals surface area (Å²) in [6.07, 6.45) is 3.35. The summed E-state index contributed by atoms with van der Waals surface area (Å²) >= 11 is 6.01. The minimum absolute atomic E-state index is 0.124. The molecule has 1 aromatic heterocycles. The second-order valence-corrected chi connectivity index (χ2v) is 5.48. The van der Waals surface area contributed by atoms with Crippen molar-refractivity contribution in [3.63, 3.8) is 0 Å². The van der Waals surface area contributed by atoms with Crippen LogP contribution in [0.2, 0.25) is 5.02 Å². The first-order valence-electron chi connectivity index (χ1n) is 7.27. The number of benzene rings is 1. The molecule has 0 saturated carbocycles. The highest BCUT2D eigenvalue weighted by Crippen LogP contribution is 2.21.